The summed E-state index contributed by atoms with van der Waals surface area (Å²) >= 11 is 0. The minimum absolute atomic E-state index is 0.480. The van der Waals surface area contributed by atoms with Crippen LogP contribution < -0.4 is 0 Å². The van der Waals surface area contributed by atoms with E-state index in [4.69, 9.17) is 24.1 Å². The van der Waals surface area contributed by atoms with Crippen molar-refractivity contribution in [3.05, 3.63) is 12.8 Å². The van der Waals surface area contributed by atoms with E-state index in [0.717, 1.165) is 19.1 Å². The molecule has 0 aromatic carbocycles. The summed E-state index contributed by atoms with van der Waals surface area (Å²) in [6.07, 6.45) is 13.9. The highest BCUT2D eigenvalue weighted by Gasteiger charge is 2.00. The van der Waals surface area contributed by atoms with Crippen LogP contribution in [-0.2, 0) is 29.5 Å². The Bertz CT molecular complexity index is 288. The third-order valence-corrected chi connectivity index (χ3v) is 2.79. The first-order chi connectivity index (χ1) is 11.4. The molecule has 0 atom stereocenters. The first-order valence-electron chi connectivity index (χ1n) is 8.09. The van der Waals surface area contributed by atoms with E-state index in [1.54, 1.807) is 0 Å². The molecule has 0 fully saturated rings. The van der Waals surface area contributed by atoms with Crippen molar-refractivity contribution in [2.24, 2.45) is 0 Å². The van der Waals surface area contributed by atoms with E-state index in [9.17, 15) is 0 Å². The van der Waals surface area contributed by atoms with Crippen molar-refractivity contribution >= 4 is 7.82 Å². The Labute approximate surface area is 143 Å². The van der Waals surface area contributed by atoms with E-state index in [2.05, 4.69) is 33.5 Å². The number of hydrogen-bond donors (Lipinski definition) is 3. The highest BCUT2D eigenvalue weighted by atomic mass is 31.2. The summed E-state index contributed by atoms with van der Waals surface area (Å²) in [6, 6.07) is 0. The average molecular weight is 374 g/mol. The molecule has 0 aliphatic rings. The van der Waals surface area contributed by atoms with Gasteiger partial charge in [-0.1, -0.05) is 71.3 Å². The van der Waals surface area contributed by atoms with Crippen molar-refractivity contribution in [3.8, 4) is 0 Å². The topological polar surface area (TPSA) is 124 Å². The molecule has 0 bridgehead atoms. The number of hydrogen-bond acceptors (Lipinski definition) is 6. The Hall–Kier alpha value is -0.510. The molecule has 0 radical (unpaired) electrons. The molecule has 0 amide bonds. The van der Waals surface area contributed by atoms with Crippen molar-refractivity contribution < 1.29 is 44.1 Å². The molecule has 9 nitrogen and oxygen atoms in total. The third-order valence-electron chi connectivity index (χ3n) is 2.79. The molecule has 0 saturated heterocycles. The lowest BCUT2D eigenvalue weighted by Gasteiger charge is -2.02. The van der Waals surface area contributed by atoms with Crippen LogP contribution in [0.3, 0.4) is 0 Å². The van der Waals surface area contributed by atoms with Crippen LogP contribution in [0.15, 0.2) is 12.8 Å². The van der Waals surface area contributed by atoms with E-state index in [-0.39, 0.29) is 0 Å². The molecule has 0 aromatic rings. The molecule has 0 saturated carbocycles. The van der Waals surface area contributed by atoms with Crippen molar-refractivity contribution in [2.75, 3.05) is 6.61 Å². The van der Waals surface area contributed by atoms with E-state index < -0.39 is 7.82 Å². The molecule has 24 heavy (non-hydrogen) atoms. The van der Waals surface area contributed by atoms with Gasteiger partial charge in [0.2, 0.25) is 0 Å². The molecule has 0 aromatic heterocycles. The van der Waals surface area contributed by atoms with Crippen molar-refractivity contribution in [1.82, 2.24) is 0 Å². The molecule has 0 aliphatic heterocycles. The Kier molecular flexibility index (Phi) is 22.0. The van der Waals surface area contributed by atoms with Crippen LogP contribution in [-0.4, -0.2) is 21.3 Å². The van der Waals surface area contributed by atoms with Gasteiger partial charge in [0.25, 0.3) is 0 Å². The predicted molar refractivity (Wildman–Crippen MR) is 86.6 cm³/mol. The van der Waals surface area contributed by atoms with Gasteiger partial charge in [0, 0.05) is 10.1 Å². The van der Waals surface area contributed by atoms with Crippen LogP contribution in [0.2, 0.25) is 0 Å². The maximum Gasteiger partial charge on any atom is 0.466 e. The largest absolute Gasteiger partial charge is 0.466 e. The number of unbranched alkanes of at least 4 members (excludes halogenated alkanes) is 9. The van der Waals surface area contributed by atoms with Gasteiger partial charge in [0.1, 0.15) is 6.26 Å². The fraction of sp³-hybridized carbons (Fsp3) is 0.857. The van der Waals surface area contributed by atoms with Crippen LogP contribution in [0.1, 0.15) is 71.1 Å². The summed E-state index contributed by atoms with van der Waals surface area (Å²) in [5.41, 5.74) is 0. The predicted octanol–water partition coefficient (Wildman–Crippen LogP) is 3.87. The molecule has 146 valence electrons. The van der Waals surface area contributed by atoms with Crippen LogP contribution in [0.4, 0.5) is 0 Å². The second-order valence-electron chi connectivity index (χ2n) is 4.98. The minimum Gasteiger partial charge on any atom is -0.315 e. The zero-order valence-electron chi connectivity index (χ0n) is 14.3. The Balaban J connectivity index is 0. The smallest absolute Gasteiger partial charge is 0.315 e. The lowest BCUT2D eigenvalue weighted by Crippen LogP contribution is -1.99. The third kappa shape index (κ3) is 37.6. The summed E-state index contributed by atoms with van der Waals surface area (Å²) in [5.74, 6) is 0. The molecule has 0 spiro atoms. The fourth-order valence-electron chi connectivity index (χ4n) is 1.76. The summed E-state index contributed by atoms with van der Waals surface area (Å²) in [5, 5.41) is 12.3. The van der Waals surface area contributed by atoms with E-state index >= 15 is 0 Å². The Morgan fingerprint density at radius 3 is 1.75 bits per heavy atom. The Morgan fingerprint density at radius 1 is 0.833 bits per heavy atom. The number of rotatable bonds is 16. The van der Waals surface area contributed by atoms with Gasteiger partial charge in [0.05, 0.1) is 6.61 Å². The zero-order valence-corrected chi connectivity index (χ0v) is 15.2. The van der Waals surface area contributed by atoms with Gasteiger partial charge in [-0.05, 0) is 11.5 Å². The monoisotopic (exact) mass is 374 g/mol. The minimum atomic E-state index is -4.64. The molecular weight excluding hydrogens is 343 g/mol. The van der Waals surface area contributed by atoms with Crippen LogP contribution >= 0.6 is 7.82 Å². The lowest BCUT2D eigenvalue weighted by molar-refractivity contribution is -0.700. The van der Waals surface area contributed by atoms with E-state index in [1.807, 2.05) is 0 Å². The van der Waals surface area contributed by atoms with Gasteiger partial charge in [0.15, 0.2) is 0 Å². The Morgan fingerprint density at radius 2 is 1.29 bits per heavy atom. The first kappa shape index (κ1) is 25.7. The maximum absolute atomic E-state index is 8.88. The SMILES string of the molecule is C=COOOOOCCCCCCCCCCCC.O=P(O)(O)O. The maximum atomic E-state index is 8.88. The highest BCUT2D eigenvalue weighted by Crippen LogP contribution is 2.25. The van der Waals surface area contributed by atoms with Gasteiger partial charge in [-0.3, -0.25) is 0 Å². The van der Waals surface area contributed by atoms with Crippen LogP contribution in [0, 0.1) is 0 Å². The molecule has 0 rings (SSSR count). The van der Waals surface area contributed by atoms with Gasteiger partial charge >= 0.3 is 7.82 Å². The fourth-order valence-corrected chi connectivity index (χ4v) is 1.76. The standard InChI is InChI=1S/C14H28O5.H3O4P/c1-3-5-6-7-8-9-10-11-12-13-14-16-18-19-17-15-4-2;1-5(2,3)4/h4H,2-3,5-14H2,1H3;(H3,1,2,3,4). The molecule has 0 aliphatic carbocycles. The van der Waals surface area contributed by atoms with Gasteiger partial charge in [-0.25, -0.2) is 9.45 Å². The van der Waals surface area contributed by atoms with Crippen molar-refractivity contribution in [2.45, 2.75) is 71.1 Å². The molecule has 10 heteroatoms. The summed E-state index contributed by atoms with van der Waals surface area (Å²) in [6.45, 7) is 5.97. The van der Waals surface area contributed by atoms with Crippen LogP contribution in [0.5, 0.6) is 0 Å². The lowest BCUT2D eigenvalue weighted by atomic mass is 10.1. The quantitative estimate of drug-likeness (QED) is 0.121. The second-order valence-corrected chi connectivity index (χ2v) is 6.01. The van der Waals surface area contributed by atoms with E-state index in [1.165, 1.54) is 51.4 Å². The summed E-state index contributed by atoms with van der Waals surface area (Å²) in [7, 11) is -4.64. The second kappa shape index (κ2) is 20.5. The normalized spacial score (nSPS) is 10.8. The van der Waals surface area contributed by atoms with Gasteiger partial charge in [-0.2, -0.15) is 0 Å². The van der Waals surface area contributed by atoms with Crippen LogP contribution in [0.25, 0.3) is 0 Å². The molecular formula is C14H31O9P. The highest BCUT2D eigenvalue weighted by molar-refractivity contribution is 7.45. The molecule has 0 unspecified atom stereocenters. The van der Waals surface area contributed by atoms with E-state index in [0.29, 0.717) is 6.61 Å². The molecule has 3 N–H and O–H groups in total. The molecule has 0 heterocycles. The summed E-state index contributed by atoms with van der Waals surface area (Å²) < 4.78 is 8.88. The van der Waals surface area contributed by atoms with Crippen molar-refractivity contribution in [1.29, 1.82) is 0 Å². The van der Waals surface area contributed by atoms with Crippen molar-refractivity contribution in [3.63, 3.8) is 0 Å². The number of phosphoric acid groups is 1. The van der Waals surface area contributed by atoms with Gasteiger partial charge < -0.3 is 19.6 Å². The average Bonchev–Trinajstić information content (AvgIpc) is 2.49. The van der Waals surface area contributed by atoms with Gasteiger partial charge in [-0.15, -0.1) is 0 Å². The first-order valence-corrected chi connectivity index (χ1v) is 9.65. The summed E-state index contributed by atoms with van der Waals surface area (Å²) in [4.78, 5) is 30.4. The zero-order chi connectivity index (χ0) is 18.5.